The predicted molar refractivity (Wildman–Crippen MR) is 68.6 cm³/mol. The van der Waals surface area contributed by atoms with E-state index >= 15 is 0 Å². The summed E-state index contributed by atoms with van der Waals surface area (Å²) in [6.07, 6.45) is 8.68. The van der Waals surface area contributed by atoms with Crippen molar-refractivity contribution >= 4 is 0 Å². The van der Waals surface area contributed by atoms with Crippen molar-refractivity contribution in [2.24, 2.45) is 0 Å². The van der Waals surface area contributed by atoms with Gasteiger partial charge in [-0.15, -0.1) is 0 Å². The minimum atomic E-state index is 0.0700. The zero-order valence-corrected chi connectivity index (χ0v) is 11.3. The third kappa shape index (κ3) is 6.69. The van der Waals surface area contributed by atoms with Crippen LogP contribution in [0.3, 0.4) is 0 Å². The zero-order valence-electron chi connectivity index (χ0n) is 11.3. The van der Waals surface area contributed by atoms with Gasteiger partial charge in [0.25, 0.3) is 0 Å². The van der Waals surface area contributed by atoms with Gasteiger partial charge in [0.2, 0.25) is 0 Å². The normalized spacial score (nSPS) is 27.3. The number of hydrogen-bond donors (Lipinski definition) is 0. The molecule has 2 rings (SSSR count). The van der Waals surface area contributed by atoms with E-state index in [4.69, 9.17) is 18.9 Å². The smallest absolute Gasteiger partial charge is 0.157 e. The van der Waals surface area contributed by atoms with Gasteiger partial charge < -0.3 is 18.9 Å². The van der Waals surface area contributed by atoms with E-state index in [0.717, 1.165) is 52.3 Å². The van der Waals surface area contributed by atoms with Crippen molar-refractivity contribution in [1.29, 1.82) is 0 Å². The van der Waals surface area contributed by atoms with Crippen molar-refractivity contribution in [3.63, 3.8) is 0 Å². The van der Waals surface area contributed by atoms with Crippen LogP contribution in [0.4, 0.5) is 0 Å². The lowest BCUT2D eigenvalue weighted by Gasteiger charge is -2.22. The van der Waals surface area contributed by atoms with Crippen LogP contribution in [0.25, 0.3) is 0 Å². The second kappa shape index (κ2) is 8.86. The Kier molecular flexibility index (Phi) is 7.01. The molecule has 2 aliphatic heterocycles. The van der Waals surface area contributed by atoms with E-state index < -0.39 is 0 Å². The summed E-state index contributed by atoms with van der Waals surface area (Å²) in [5.74, 6) is 0. The third-order valence-corrected chi connectivity index (χ3v) is 3.33. The molecule has 0 aromatic carbocycles. The molecule has 2 saturated heterocycles. The summed E-state index contributed by atoms with van der Waals surface area (Å²) in [4.78, 5) is 0. The summed E-state index contributed by atoms with van der Waals surface area (Å²) < 4.78 is 21.7. The molecule has 0 spiro atoms. The standard InChI is InChI=1S/C14H26O4/c1(4-8-15-11-13-12-18-13)2-5-9-16-14-7-3-6-10-17-14/h13-14H,1-12H2. The molecule has 0 saturated carbocycles. The molecule has 0 aromatic heterocycles. The molecule has 0 bridgehead atoms. The first-order valence-corrected chi connectivity index (χ1v) is 7.38. The Morgan fingerprint density at radius 2 is 1.78 bits per heavy atom. The second-order valence-electron chi connectivity index (χ2n) is 5.11. The van der Waals surface area contributed by atoms with Crippen molar-refractivity contribution in [1.82, 2.24) is 0 Å². The Bertz CT molecular complexity index is 200. The minimum Gasteiger partial charge on any atom is -0.379 e. The highest BCUT2D eigenvalue weighted by atomic mass is 16.7. The summed E-state index contributed by atoms with van der Waals surface area (Å²) in [5.41, 5.74) is 0. The Balaban J connectivity index is 1.28. The number of ether oxygens (including phenoxy) is 4. The summed E-state index contributed by atoms with van der Waals surface area (Å²) in [5, 5.41) is 0. The van der Waals surface area contributed by atoms with E-state index in [1.165, 1.54) is 25.7 Å². The Hall–Kier alpha value is -0.160. The van der Waals surface area contributed by atoms with Crippen LogP contribution in [0.5, 0.6) is 0 Å². The van der Waals surface area contributed by atoms with Crippen molar-refractivity contribution < 1.29 is 18.9 Å². The van der Waals surface area contributed by atoms with Gasteiger partial charge in [0, 0.05) is 19.8 Å². The molecule has 4 heteroatoms. The first-order chi connectivity index (χ1) is 8.95. The number of unbranched alkanes of at least 4 members (excludes halogenated alkanes) is 3. The van der Waals surface area contributed by atoms with E-state index in [9.17, 15) is 0 Å². The van der Waals surface area contributed by atoms with E-state index in [-0.39, 0.29) is 6.29 Å². The Morgan fingerprint density at radius 3 is 2.50 bits per heavy atom. The maximum atomic E-state index is 5.68. The number of epoxide rings is 1. The van der Waals surface area contributed by atoms with Crippen molar-refractivity contribution in [3.05, 3.63) is 0 Å². The first-order valence-electron chi connectivity index (χ1n) is 7.38. The predicted octanol–water partition coefficient (Wildman–Crippen LogP) is 2.51. The summed E-state index contributed by atoms with van der Waals surface area (Å²) in [6, 6.07) is 0. The molecular formula is C14H26O4. The van der Waals surface area contributed by atoms with Gasteiger partial charge in [-0.3, -0.25) is 0 Å². The fourth-order valence-electron chi connectivity index (χ4n) is 2.10. The molecule has 0 radical (unpaired) electrons. The lowest BCUT2D eigenvalue weighted by Crippen LogP contribution is -2.22. The highest BCUT2D eigenvalue weighted by Gasteiger charge is 2.21. The zero-order chi connectivity index (χ0) is 12.5. The third-order valence-electron chi connectivity index (χ3n) is 3.33. The molecule has 4 nitrogen and oxygen atoms in total. The lowest BCUT2D eigenvalue weighted by atomic mass is 10.2. The summed E-state index contributed by atoms with van der Waals surface area (Å²) in [7, 11) is 0. The molecule has 0 amide bonds. The first kappa shape index (κ1) is 14.3. The SMILES string of the molecule is C(CCCOC1CCCCO1)CCOCC1CO1. The van der Waals surface area contributed by atoms with Gasteiger partial charge in [-0.25, -0.2) is 0 Å². The van der Waals surface area contributed by atoms with Crippen LogP contribution in [0.2, 0.25) is 0 Å². The Labute approximate surface area is 110 Å². The van der Waals surface area contributed by atoms with Gasteiger partial charge in [-0.05, 0) is 32.1 Å². The highest BCUT2D eigenvalue weighted by Crippen LogP contribution is 2.14. The molecule has 2 unspecified atom stereocenters. The fourth-order valence-corrected chi connectivity index (χ4v) is 2.10. The van der Waals surface area contributed by atoms with Crippen LogP contribution >= 0.6 is 0 Å². The minimum absolute atomic E-state index is 0.0700. The number of hydrogen-bond acceptors (Lipinski definition) is 4. The summed E-state index contributed by atoms with van der Waals surface area (Å²) >= 11 is 0. The van der Waals surface area contributed by atoms with Gasteiger partial charge in [0.05, 0.1) is 13.2 Å². The molecule has 0 aliphatic carbocycles. The number of rotatable bonds is 10. The molecule has 2 aliphatic rings. The average molecular weight is 258 g/mol. The van der Waals surface area contributed by atoms with Crippen LogP contribution in [0, 0.1) is 0 Å². The molecule has 0 aromatic rings. The Morgan fingerprint density at radius 1 is 0.944 bits per heavy atom. The van der Waals surface area contributed by atoms with Crippen molar-refractivity contribution in [3.8, 4) is 0 Å². The highest BCUT2D eigenvalue weighted by molar-refractivity contribution is 4.66. The van der Waals surface area contributed by atoms with Gasteiger partial charge in [-0.1, -0.05) is 12.8 Å². The van der Waals surface area contributed by atoms with E-state index in [1.807, 2.05) is 0 Å². The van der Waals surface area contributed by atoms with Crippen LogP contribution in [0.1, 0.15) is 44.9 Å². The van der Waals surface area contributed by atoms with Crippen LogP contribution < -0.4 is 0 Å². The molecule has 106 valence electrons. The van der Waals surface area contributed by atoms with Crippen LogP contribution in [-0.2, 0) is 18.9 Å². The molecular weight excluding hydrogens is 232 g/mol. The average Bonchev–Trinajstić information content (AvgIpc) is 3.22. The quantitative estimate of drug-likeness (QED) is 0.446. The van der Waals surface area contributed by atoms with Gasteiger partial charge in [-0.2, -0.15) is 0 Å². The van der Waals surface area contributed by atoms with E-state index in [2.05, 4.69) is 0 Å². The van der Waals surface area contributed by atoms with Crippen molar-refractivity contribution in [2.45, 2.75) is 57.3 Å². The summed E-state index contributed by atoms with van der Waals surface area (Å²) in [6.45, 7) is 4.24. The van der Waals surface area contributed by atoms with Crippen molar-refractivity contribution in [2.75, 3.05) is 33.0 Å². The van der Waals surface area contributed by atoms with Crippen LogP contribution in [-0.4, -0.2) is 45.4 Å². The molecule has 18 heavy (non-hydrogen) atoms. The van der Waals surface area contributed by atoms with Gasteiger partial charge in [0.15, 0.2) is 6.29 Å². The maximum absolute atomic E-state index is 5.68. The topological polar surface area (TPSA) is 40.2 Å². The molecule has 2 heterocycles. The molecule has 0 N–H and O–H groups in total. The molecule has 2 fully saturated rings. The van der Waals surface area contributed by atoms with Crippen LogP contribution in [0.15, 0.2) is 0 Å². The van der Waals surface area contributed by atoms with Gasteiger partial charge >= 0.3 is 0 Å². The lowest BCUT2D eigenvalue weighted by molar-refractivity contribution is -0.162. The largest absolute Gasteiger partial charge is 0.379 e. The fraction of sp³-hybridized carbons (Fsp3) is 1.00. The maximum Gasteiger partial charge on any atom is 0.157 e. The van der Waals surface area contributed by atoms with E-state index in [0.29, 0.717) is 6.10 Å². The monoisotopic (exact) mass is 258 g/mol. The molecule has 2 atom stereocenters. The van der Waals surface area contributed by atoms with Gasteiger partial charge in [0.1, 0.15) is 6.10 Å². The second-order valence-corrected chi connectivity index (χ2v) is 5.11. The van der Waals surface area contributed by atoms with E-state index in [1.54, 1.807) is 0 Å².